The third kappa shape index (κ3) is 5.43. The van der Waals surface area contributed by atoms with Crippen molar-refractivity contribution >= 4 is 5.69 Å². The van der Waals surface area contributed by atoms with E-state index in [1.165, 1.54) is 19.3 Å². The quantitative estimate of drug-likeness (QED) is 0.508. The van der Waals surface area contributed by atoms with Gasteiger partial charge in [-0.15, -0.1) is 6.58 Å². The zero-order chi connectivity index (χ0) is 12.3. The Hall–Kier alpha value is -1.44. The largest absolute Gasteiger partial charge is 0.492 e. The lowest BCUT2D eigenvalue weighted by Gasteiger charge is -2.11. The monoisotopic (exact) mass is 233 g/mol. The predicted octanol–water partition coefficient (Wildman–Crippen LogP) is 4.24. The lowest BCUT2D eigenvalue weighted by molar-refractivity contribution is 0.341. The van der Waals surface area contributed by atoms with Crippen molar-refractivity contribution < 1.29 is 4.74 Å². The number of ether oxygens (including phenoxy) is 1. The first-order valence-corrected chi connectivity index (χ1v) is 6.45. The molecule has 2 nitrogen and oxygen atoms in total. The van der Waals surface area contributed by atoms with Gasteiger partial charge in [-0.1, -0.05) is 24.6 Å². The Morgan fingerprint density at radius 1 is 1.24 bits per heavy atom. The molecule has 1 aromatic rings. The number of hydrogen-bond donors (Lipinski definition) is 1. The van der Waals surface area contributed by atoms with Gasteiger partial charge in [0.05, 0.1) is 12.3 Å². The maximum atomic E-state index is 5.56. The van der Waals surface area contributed by atoms with Gasteiger partial charge in [0.15, 0.2) is 0 Å². The van der Waals surface area contributed by atoms with Crippen molar-refractivity contribution in [2.75, 3.05) is 18.5 Å². The summed E-state index contributed by atoms with van der Waals surface area (Å²) in [4.78, 5) is 0. The molecule has 0 bridgehead atoms. The first-order valence-electron chi connectivity index (χ1n) is 6.45. The van der Waals surface area contributed by atoms with E-state index in [0.717, 1.165) is 24.4 Å². The van der Waals surface area contributed by atoms with E-state index in [1.807, 2.05) is 31.2 Å². The summed E-state index contributed by atoms with van der Waals surface area (Å²) in [5, 5.41) is 3.42. The predicted molar refractivity (Wildman–Crippen MR) is 74.8 cm³/mol. The number of hydrogen-bond acceptors (Lipinski definition) is 2. The van der Waals surface area contributed by atoms with Crippen molar-refractivity contribution in [3.05, 3.63) is 36.9 Å². The maximum absolute atomic E-state index is 5.56. The van der Waals surface area contributed by atoms with E-state index in [4.69, 9.17) is 4.74 Å². The molecule has 1 aromatic carbocycles. The molecule has 0 amide bonds. The molecule has 2 heteroatoms. The van der Waals surface area contributed by atoms with Crippen LogP contribution in [0.4, 0.5) is 5.69 Å². The SMILES string of the molecule is C=CCCCCCNc1ccccc1OCC. The molecule has 0 aliphatic rings. The van der Waals surface area contributed by atoms with Crippen LogP contribution in [0, 0.1) is 0 Å². The fourth-order valence-electron chi connectivity index (χ4n) is 1.71. The van der Waals surface area contributed by atoms with Crippen LogP contribution in [-0.2, 0) is 0 Å². The fourth-order valence-corrected chi connectivity index (χ4v) is 1.71. The Bertz CT molecular complexity index is 322. The normalized spacial score (nSPS) is 9.94. The van der Waals surface area contributed by atoms with Gasteiger partial charge in [0.25, 0.3) is 0 Å². The van der Waals surface area contributed by atoms with Crippen molar-refractivity contribution in [3.63, 3.8) is 0 Å². The van der Waals surface area contributed by atoms with Gasteiger partial charge in [-0.25, -0.2) is 0 Å². The number of anilines is 1. The van der Waals surface area contributed by atoms with Crippen LogP contribution in [0.2, 0.25) is 0 Å². The third-order valence-corrected chi connectivity index (χ3v) is 2.59. The van der Waals surface area contributed by atoms with Gasteiger partial charge < -0.3 is 10.1 Å². The molecule has 0 atom stereocenters. The molecule has 0 unspecified atom stereocenters. The Morgan fingerprint density at radius 2 is 2.06 bits per heavy atom. The van der Waals surface area contributed by atoms with Gasteiger partial charge in [-0.05, 0) is 38.3 Å². The summed E-state index contributed by atoms with van der Waals surface area (Å²) in [6.07, 6.45) is 6.77. The van der Waals surface area contributed by atoms with E-state index in [9.17, 15) is 0 Å². The van der Waals surface area contributed by atoms with Gasteiger partial charge in [-0.2, -0.15) is 0 Å². The fraction of sp³-hybridized carbons (Fsp3) is 0.467. The highest BCUT2D eigenvalue weighted by Gasteiger charge is 2.00. The second kappa shape index (κ2) is 8.68. The molecular formula is C15H23NO. The van der Waals surface area contributed by atoms with E-state index in [1.54, 1.807) is 0 Å². The number of nitrogens with one attached hydrogen (secondary N) is 1. The molecule has 0 fully saturated rings. The highest BCUT2D eigenvalue weighted by atomic mass is 16.5. The van der Waals surface area contributed by atoms with Crippen molar-refractivity contribution in [1.82, 2.24) is 0 Å². The summed E-state index contributed by atoms with van der Waals surface area (Å²) in [6.45, 7) is 7.44. The summed E-state index contributed by atoms with van der Waals surface area (Å²) >= 11 is 0. The molecular weight excluding hydrogens is 210 g/mol. The van der Waals surface area contributed by atoms with E-state index in [0.29, 0.717) is 6.61 Å². The zero-order valence-electron chi connectivity index (χ0n) is 10.7. The number of rotatable bonds is 9. The van der Waals surface area contributed by atoms with Crippen LogP contribution in [0.25, 0.3) is 0 Å². The van der Waals surface area contributed by atoms with Gasteiger partial charge >= 0.3 is 0 Å². The van der Waals surface area contributed by atoms with E-state index in [2.05, 4.69) is 18.0 Å². The second-order valence-corrected chi connectivity index (χ2v) is 3.99. The van der Waals surface area contributed by atoms with Crippen molar-refractivity contribution in [2.24, 2.45) is 0 Å². The van der Waals surface area contributed by atoms with Gasteiger partial charge in [0.1, 0.15) is 5.75 Å². The minimum atomic E-state index is 0.706. The standard InChI is InChI=1S/C15H23NO/c1-3-5-6-7-10-13-16-14-11-8-9-12-15(14)17-4-2/h3,8-9,11-12,16H,1,4-7,10,13H2,2H3. The van der Waals surface area contributed by atoms with Gasteiger partial charge in [-0.3, -0.25) is 0 Å². The molecule has 0 saturated heterocycles. The minimum Gasteiger partial charge on any atom is -0.492 e. The number of para-hydroxylation sites is 2. The molecule has 1 N–H and O–H groups in total. The van der Waals surface area contributed by atoms with Crippen molar-refractivity contribution in [3.8, 4) is 5.75 Å². The van der Waals surface area contributed by atoms with Crippen LogP contribution in [0.3, 0.4) is 0 Å². The van der Waals surface area contributed by atoms with Crippen LogP contribution in [0.15, 0.2) is 36.9 Å². The maximum Gasteiger partial charge on any atom is 0.142 e. The molecule has 0 aliphatic heterocycles. The Balaban J connectivity index is 2.28. The number of allylic oxidation sites excluding steroid dienone is 1. The molecule has 0 radical (unpaired) electrons. The summed E-state index contributed by atoms with van der Waals surface area (Å²) in [6, 6.07) is 8.10. The Labute approximate surface area is 105 Å². The molecule has 0 aromatic heterocycles. The highest BCUT2D eigenvalue weighted by Crippen LogP contribution is 2.23. The van der Waals surface area contributed by atoms with E-state index >= 15 is 0 Å². The minimum absolute atomic E-state index is 0.706. The first-order chi connectivity index (χ1) is 8.38. The smallest absolute Gasteiger partial charge is 0.142 e. The molecule has 0 spiro atoms. The van der Waals surface area contributed by atoms with Crippen LogP contribution < -0.4 is 10.1 Å². The molecule has 94 valence electrons. The first kappa shape index (κ1) is 13.6. The second-order valence-electron chi connectivity index (χ2n) is 3.99. The van der Waals surface area contributed by atoms with Crippen LogP contribution in [0.1, 0.15) is 32.6 Å². The third-order valence-electron chi connectivity index (χ3n) is 2.59. The topological polar surface area (TPSA) is 21.3 Å². The Morgan fingerprint density at radius 3 is 2.82 bits per heavy atom. The lowest BCUT2D eigenvalue weighted by Crippen LogP contribution is -2.04. The molecule has 0 aliphatic carbocycles. The van der Waals surface area contributed by atoms with Crippen LogP contribution >= 0.6 is 0 Å². The van der Waals surface area contributed by atoms with Crippen molar-refractivity contribution in [2.45, 2.75) is 32.6 Å². The summed E-state index contributed by atoms with van der Waals surface area (Å²) in [7, 11) is 0. The summed E-state index contributed by atoms with van der Waals surface area (Å²) in [5.74, 6) is 0.945. The summed E-state index contributed by atoms with van der Waals surface area (Å²) < 4.78 is 5.56. The van der Waals surface area contributed by atoms with E-state index in [-0.39, 0.29) is 0 Å². The molecule has 0 heterocycles. The molecule has 17 heavy (non-hydrogen) atoms. The van der Waals surface area contributed by atoms with Crippen molar-refractivity contribution in [1.29, 1.82) is 0 Å². The summed E-state index contributed by atoms with van der Waals surface area (Å²) in [5.41, 5.74) is 1.10. The lowest BCUT2D eigenvalue weighted by atomic mass is 10.2. The Kier molecular flexibility index (Phi) is 6.96. The van der Waals surface area contributed by atoms with Gasteiger partial charge in [0, 0.05) is 6.54 Å². The number of unbranched alkanes of at least 4 members (excludes halogenated alkanes) is 3. The molecule has 1 rings (SSSR count). The van der Waals surface area contributed by atoms with E-state index < -0.39 is 0 Å². The van der Waals surface area contributed by atoms with Crippen LogP contribution in [0.5, 0.6) is 5.75 Å². The zero-order valence-corrected chi connectivity index (χ0v) is 10.7. The highest BCUT2D eigenvalue weighted by molar-refractivity contribution is 5.56. The number of benzene rings is 1. The average molecular weight is 233 g/mol. The average Bonchev–Trinajstić information content (AvgIpc) is 2.36. The van der Waals surface area contributed by atoms with Gasteiger partial charge in [0.2, 0.25) is 0 Å². The van der Waals surface area contributed by atoms with Crippen LogP contribution in [-0.4, -0.2) is 13.2 Å². The molecule has 0 saturated carbocycles.